The Morgan fingerprint density at radius 2 is 1.04 bits per heavy atom. The lowest BCUT2D eigenvalue weighted by Gasteiger charge is -2.25. The molecule has 0 radical (unpaired) electrons. The summed E-state index contributed by atoms with van der Waals surface area (Å²) >= 11 is 0. The van der Waals surface area contributed by atoms with Crippen LogP contribution in [0, 0.1) is 5.92 Å². The summed E-state index contributed by atoms with van der Waals surface area (Å²) in [5.41, 5.74) is 4.69. The van der Waals surface area contributed by atoms with Crippen LogP contribution in [0.25, 0.3) is 0 Å². The minimum absolute atomic E-state index is 0. The van der Waals surface area contributed by atoms with Gasteiger partial charge in [-0.05, 0) is 19.3 Å². The molecule has 142 valence electrons. The van der Waals surface area contributed by atoms with Gasteiger partial charge in [0, 0.05) is 0 Å². The van der Waals surface area contributed by atoms with Gasteiger partial charge in [0.15, 0.2) is 0 Å². The van der Waals surface area contributed by atoms with Gasteiger partial charge in [0.1, 0.15) is 5.72 Å². The van der Waals surface area contributed by atoms with E-state index in [2.05, 4.69) is 6.92 Å². The van der Waals surface area contributed by atoms with E-state index in [0.29, 0.717) is 0 Å². The van der Waals surface area contributed by atoms with E-state index in [4.69, 9.17) is 5.73 Å². The molecule has 2 unspecified atom stereocenters. The quantitative estimate of drug-likeness (QED) is 0.244. The zero-order chi connectivity index (χ0) is 16.7. The summed E-state index contributed by atoms with van der Waals surface area (Å²) in [6, 6.07) is 0. The molecule has 0 saturated heterocycles. The average Bonchev–Trinajstić information content (AvgIpc) is 2.46. The van der Waals surface area contributed by atoms with E-state index in [1.807, 2.05) is 6.92 Å². The maximum absolute atomic E-state index is 9.67. The van der Waals surface area contributed by atoms with Crippen molar-refractivity contribution in [1.82, 2.24) is 0 Å². The van der Waals surface area contributed by atoms with Crippen LogP contribution in [0.15, 0.2) is 0 Å². The van der Waals surface area contributed by atoms with Crippen molar-refractivity contribution >= 4 is 12.4 Å². The Hall–Kier alpha value is 0.210. The van der Waals surface area contributed by atoms with Crippen LogP contribution < -0.4 is 5.73 Å². The third-order valence-corrected chi connectivity index (χ3v) is 4.99. The van der Waals surface area contributed by atoms with Gasteiger partial charge in [-0.3, -0.25) is 0 Å². The van der Waals surface area contributed by atoms with E-state index in [0.717, 1.165) is 6.42 Å². The lowest BCUT2D eigenvalue weighted by molar-refractivity contribution is 0.00810. The summed E-state index contributed by atoms with van der Waals surface area (Å²) in [7, 11) is 0. The van der Waals surface area contributed by atoms with Crippen LogP contribution in [0.4, 0.5) is 0 Å². The number of halogens is 1. The first-order chi connectivity index (χ1) is 10.5. The number of rotatable bonds is 16. The SMILES string of the molecule is CCCCCCCCCCCCCCCCC(C)C(C)(N)O.Cl. The minimum atomic E-state index is -1.00. The Kier molecular flexibility index (Phi) is 18.9. The molecule has 2 nitrogen and oxygen atoms in total. The maximum Gasteiger partial charge on any atom is 0.113 e. The second-order valence-electron chi connectivity index (χ2n) is 7.51. The molecule has 0 fully saturated rings. The summed E-state index contributed by atoms with van der Waals surface area (Å²) in [5.74, 6) is 0.199. The number of hydrogen-bond acceptors (Lipinski definition) is 2. The monoisotopic (exact) mass is 349 g/mol. The van der Waals surface area contributed by atoms with Gasteiger partial charge in [0.05, 0.1) is 0 Å². The molecule has 0 aliphatic heterocycles. The molecule has 0 aliphatic rings. The molecule has 0 aromatic rings. The second kappa shape index (κ2) is 17.0. The van der Waals surface area contributed by atoms with Crippen molar-refractivity contribution in [2.45, 2.75) is 123 Å². The first-order valence-electron chi connectivity index (χ1n) is 9.99. The molecular formula is C20H44ClNO. The topological polar surface area (TPSA) is 46.2 Å². The Labute approximate surface area is 152 Å². The van der Waals surface area contributed by atoms with E-state index in [-0.39, 0.29) is 18.3 Å². The number of aliphatic hydroxyl groups is 1. The summed E-state index contributed by atoms with van der Waals surface area (Å²) in [6.45, 7) is 6.03. The highest BCUT2D eigenvalue weighted by molar-refractivity contribution is 5.85. The highest BCUT2D eigenvalue weighted by Crippen LogP contribution is 2.19. The fourth-order valence-corrected chi connectivity index (χ4v) is 2.94. The van der Waals surface area contributed by atoms with Crippen molar-refractivity contribution in [1.29, 1.82) is 0 Å². The summed E-state index contributed by atoms with van der Waals surface area (Å²) in [5, 5.41) is 9.67. The maximum atomic E-state index is 9.67. The first kappa shape index (κ1) is 25.5. The summed E-state index contributed by atoms with van der Waals surface area (Å²) < 4.78 is 0. The standard InChI is InChI=1S/C20H43NO.ClH/c1-4-5-6-7-8-9-10-11-12-13-14-15-16-17-18-19(2)20(3,21)22;/h19,22H,4-18,21H2,1-3H3;1H. The Morgan fingerprint density at radius 3 is 1.35 bits per heavy atom. The molecular weight excluding hydrogens is 306 g/mol. The van der Waals surface area contributed by atoms with E-state index in [1.54, 1.807) is 6.92 Å². The zero-order valence-electron chi connectivity index (χ0n) is 16.1. The molecule has 0 amide bonds. The molecule has 0 saturated carbocycles. The van der Waals surface area contributed by atoms with Crippen LogP contribution in [-0.2, 0) is 0 Å². The van der Waals surface area contributed by atoms with Crippen LogP contribution in [0.5, 0.6) is 0 Å². The molecule has 0 rings (SSSR count). The number of hydrogen-bond donors (Lipinski definition) is 2. The van der Waals surface area contributed by atoms with Crippen molar-refractivity contribution in [3.05, 3.63) is 0 Å². The smallest absolute Gasteiger partial charge is 0.113 e. The van der Waals surface area contributed by atoms with Crippen molar-refractivity contribution < 1.29 is 5.11 Å². The van der Waals surface area contributed by atoms with Gasteiger partial charge in [-0.2, -0.15) is 0 Å². The fourth-order valence-electron chi connectivity index (χ4n) is 2.94. The molecule has 0 spiro atoms. The van der Waals surface area contributed by atoms with E-state index in [9.17, 15) is 5.11 Å². The van der Waals surface area contributed by atoms with Gasteiger partial charge in [-0.1, -0.05) is 104 Å². The van der Waals surface area contributed by atoms with Crippen molar-refractivity contribution in [3.8, 4) is 0 Å². The first-order valence-corrected chi connectivity index (χ1v) is 9.99. The highest BCUT2D eigenvalue weighted by Gasteiger charge is 2.21. The van der Waals surface area contributed by atoms with Crippen LogP contribution in [0.3, 0.4) is 0 Å². The Balaban J connectivity index is 0. The van der Waals surface area contributed by atoms with Gasteiger partial charge in [0.2, 0.25) is 0 Å². The number of nitrogens with two attached hydrogens (primary N) is 1. The second-order valence-corrected chi connectivity index (χ2v) is 7.51. The van der Waals surface area contributed by atoms with Gasteiger partial charge in [0.25, 0.3) is 0 Å². The Bertz CT molecular complexity index is 228. The van der Waals surface area contributed by atoms with E-state index >= 15 is 0 Å². The molecule has 3 heteroatoms. The molecule has 2 atom stereocenters. The van der Waals surface area contributed by atoms with Gasteiger partial charge in [-0.25, -0.2) is 0 Å². The normalized spacial score (nSPS) is 15.0. The molecule has 23 heavy (non-hydrogen) atoms. The third-order valence-electron chi connectivity index (χ3n) is 4.99. The minimum Gasteiger partial charge on any atom is -0.376 e. The van der Waals surface area contributed by atoms with E-state index < -0.39 is 5.72 Å². The predicted octanol–water partition coefficient (Wildman–Crippen LogP) is 6.58. The lowest BCUT2D eigenvalue weighted by atomic mass is 9.93. The highest BCUT2D eigenvalue weighted by atomic mass is 35.5. The van der Waals surface area contributed by atoms with Crippen molar-refractivity contribution in [2.24, 2.45) is 11.7 Å². The molecule has 0 heterocycles. The molecule has 0 bridgehead atoms. The molecule has 0 aromatic carbocycles. The van der Waals surface area contributed by atoms with Crippen LogP contribution in [0.2, 0.25) is 0 Å². The van der Waals surface area contributed by atoms with Gasteiger partial charge >= 0.3 is 0 Å². The number of unbranched alkanes of at least 4 members (excludes halogenated alkanes) is 13. The van der Waals surface area contributed by atoms with Crippen LogP contribution >= 0.6 is 12.4 Å². The molecule has 0 aliphatic carbocycles. The van der Waals surface area contributed by atoms with Gasteiger partial charge < -0.3 is 10.8 Å². The third kappa shape index (κ3) is 18.4. The molecule has 0 aromatic heterocycles. The Morgan fingerprint density at radius 1 is 0.739 bits per heavy atom. The van der Waals surface area contributed by atoms with Crippen molar-refractivity contribution in [2.75, 3.05) is 0 Å². The lowest BCUT2D eigenvalue weighted by Crippen LogP contribution is -2.42. The van der Waals surface area contributed by atoms with E-state index in [1.165, 1.54) is 89.9 Å². The predicted molar refractivity (Wildman–Crippen MR) is 106 cm³/mol. The fraction of sp³-hybridized carbons (Fsp3) is 1.00. The van der Waals surface area contributed by atoms with Crippen LogP contribution in [0.1, 0.15) is 117 Å². The largest absolute Gasteiger partial charge is 0.376 e. The van der Waals surface area contributed by atoms with Crippen molar-refractivity contribution in [3.63, 3.8) is 0 Å². The average molecular weight is 350 g/mol. The summed E-state index contributed by atoms with van der Waals surface area (Å²) in [6.07, 6.45) is 20.5. The zero-order valence-corrected chi connectivity index (χ0v) is 16.9. The summed E-state index contributed by atoms with van der Waals surface area (Å²) in [4.78, 5) is 0. The van der Waals surface area contributed by atoms with Gasteiger partial charge in [-0.15, -0.1) is 12.4 Å². The van der Waals surface area contributed by atoms with Crippen LogP contribution in [-0.4, -0.2) is 10.8 Å². The molecule has 3 N–H and O–H groups in total.